The Morgan fingerprint density at radius 3 is 2.38 bits per heavy atom. The van der Waals surface area contributed by atoms with Crippen molar-refractivity contribution in [2.45, 2.75) is 17.5 Å². The van der Waals surface area contributed by atoms with Crippen molar-refractivity contribution in [2.24, 2.45) is 0 Å². The van der Waals surface area contributed by atoms with Crippen LogP contribution in [0.4, 0.5) is 0 Å². The fraction of sp³-hybridized carbons (Fsp3) is 0.500. The van der Waals surface area contributed by atoms with E-state index in [4.69, 9.17) is 4.55 Å². The lowest BCUT2D eigenvalue weighted by molar-refractivity contribution is -0.116. The van der Waals surface area contributed by atoms with Crippen molar-refractivity contribution in [1.82, 2.24) is 5.32 Å². The van der Waals surface area contributed by atoms with E-state index in [-0.39, 0.29) is 0 Å². The van der Waals surface area contributed by atoms with Crippen LogP contribution in [-0.2, 0) is 14.9 Å². The van der Waals surface area contributed by atoms with Crippen LogP contribution in [0.25, 0.3) is 0 Å². The van der Waals surface area contributed by atoms with E-state index in [1.54, 1.807) is 0 Å². The molecule has 0 aromatic carbocycles. The Bertz CT molecular complexity index is 296. The van der Waals surface area contributed by atoms with E-state index in [1.807, 2.05) is 5.32 Å². The molecule has 0 heterocycles. The highest BCUT2D eigenvalue weighted by molar-refractivity contribution is 7.88. The monoisotopic (exact) mass is 225 g/mol. The molecule has 0 rings (SSSR count). The van der Waals surface area contributed by atoms with Crippen molar-refractivity contribution in [3.8, 4) is 0 Å². The molecule has 0 bridgehead atoms. The zero-order valence-corrected chi connectivity index (χ0v) is 8.68. The molecule has 5 nitrogen and oxygen atoms in total. The third-order valence-corrected chi connectivity index (χ3v) is 2.90. The zero-order valence-electron chi connectivity index (χ0n) is 6.97. The maximum absolute atomic E-state index is 10.7. The number of nitrogens with one attached hydrogen (secondary N) is 1. The van der Waals surface area contributed by atoms with Crippen LogP contribution in [0.2, 0.25) is 0 Å². The van der Waals surface area contributed by atoms with Gasteiger partial charge in [-0.2, -0.15) is 21.0 Å². The number of amides is 1. The van der Waals surface area contributed by atoms with Gasteiger partial charge in [0, 0.05) is 5.25 Å². The van der Waals surface area contributed by atoms with Gasteiger partial charge in [-0.15, -0.1) is 0 Å². The van der Waals surface area contributed by atoms with E-state index in [0.717, 1.165) is 6.08 Å². The second-order valence-corrected chi connectivity index (χ2v) is 4.74. The van der Waals surface area contributed by atoms with Crippen LogP contribution >= 0.6 is 12.6 Å². The van der Waals surface area contributed by atoms with Crippen LogP contribution in [0.5, 0.6) is 0 Å². The van der Waals surface area contributed by atoms with Gasteiger partial charge < -0.3 is 5.32 Å². The van der Waals surface area contributed by atoms with Gasteiger partial charge in [-0.3, -0.25) is 9.35 Å². The highest BCUT2D eigenvalue weighted by atomic mass is 32.2. The molecule has 13 heavy (non-hydrogen) atoms. The smallest absolute Gasteiger partial charge is 0.287 e. The third-order valence-electron chi connectivity index (χ3n) is 1.23. The molecule has 0 saturated carbocycles. The molecule has 2 unspecified atom stereocenters. The minimum Gasteiger partial charge on any atom is -0.333 e. The molecule has 0 spiro atoms. The Labute approximate surface area is 82.4 Å². The quantitative estimate of drug-likeness (QED) is 0.352. The lowest BCUT2D eigenvalue weighted by Crippen LogP contribution is -2.44. The molecule has 1 amide bonds. The molecule has 2 N–H and O–H groups in total. The van der Waals surface area contributed by atoms with Crippen LogP contribution in [0.15, 0.2) is 12.7 Å². The average molecular weight is 225 g/mol. The van der Waals surface area contributed by atoms with Crippen molar-refractivity contribution >= 4 is 28.7 Å². The minimum atomic E-state index is -4.33. The van der Waals surface area contributed by atoms with Crippen molar-refractivity contribution in [3.05, 3.63) is 12.7 Å². The Kier molecular flexibility index (Phi) is 4.45. The molecule has 0 aliphatic heterocycles. The summed E-state index contributed by atoms with van der Waals surface area (Å²) in [7, 11) is -4.33. The summed E-state index contributed by atoms with van der Waals surface area (Å²) in [5, 5.41) is -0.0901. The van der Waals surface area contributed by atoms with Gasteiger partial charge in [0.25, 0.3) is 10.1 Å². The fourth-order valence-electron chi connectivity index (χ4n) is 0.643. The molecule has 0 aromatic rings. The van der Waals surface area contributed by atoms with Crippen LogP contribution in [-0.4, -0.2) is 29.5 Å². The van der Waals surface area contributed by atoms with Crippen LogP contribution < -0.4 is 5.32 Å². The molecule has 0 aliphatic carbocycles. The first kappa shape index (κ1) is 12.5. The number of hydrogen-bond donors (Lipinski definition) is 3. The Balaban J connectivity index is 4.65. The molecule has 7 heteroatoms. The molecule has 76 valence electrons. The lowest BCUT2D eigenvalue weighted by Gasteiger charge is -2.17. The lowest BCUT2D eigenvalue weighted by atomic mass is 10.4. The van der Waals surface area contributed by atoms with Crippen LogP contribution in [0, 0.1) is 0 Å². The van der Waals surface area contributed by atoms with Gasteiger partial charge in [-0.1, -0.05) is 13.5 Å². The van der Waals surface area contributed by atoms with Crippen LogP contribution in [0.3, 0.4) is 0 Å². The summed E-state index contributed by atoms with van der Waals surface area (Å²) in [6, 6.07) is 0. The SMILES string of the molecule is C=CC(=O)NC(C(C)S)S(=O)(=O)O. The van der Waals surface area contributed by atoms with Crippen molar-refractivity contribution in [2.75, 3.05) is 0 Å². The Hall–Kier alpha value is -0.530. The van der Waals surface area contributed by atoms with Gasteiger partial charge in [-0.25, -0.2) is 0 Å². The average Bonchev–Trinajstić information content (AvgIpc) is 1.96. The third kappa shape index (κ3) is 4.30. The zero-order chi connectivity index (χ0) is 10.6. The standard InChI is InChI=1S/C6H11NO4S2/c1-3-5(8)7-6(4(2)12)13(9,10)11/h3-4,6,12H,1H2,2H3,(H,7,8)(H,9,10,11). The largest absolute Gasteiger partial charge is 0.333 e. The van der Waals surface area contributed by atoms with Gasteiger partial charge in [0.2, 0.25) is 5.91 Å². The summed E-state index contributed by atoms with van der Waals surface area (Å²) in [6.07, 6.45) is 0.911. The topological polar surface area (TPSA) is 83.5 Å². The molecule has 0 aromatic heterocycles. The first-order valence-electron chi connectivity index (χ1n) is 3.36. The summed E-state index contributed by atoms with van der Waals surface area (Å²) in [4.78, 5) is 10.7. The molecular weight excluding hydrogens is 214 g/mol. The summed E-state index contributed by atoms with van der Waals surface area (Å²) < 4.78 is 30.0. The number of carbonyl (C=O) groups excluding carboxylic acids is 1. The predicted octanol–water partition coefficient (Wildman–Crippen LogP) is -0.179. The maximum atomic E-state index is 10.7. The predicted molar refractivity (Wildman–Crippen MR) is 52.1 cm³/mol. The highest BCUT2D eigenvalue weighted by Crippen LogP contribution is 2.07. The number of rotatable bonds is 4. The van der Waals surface area contributed by atoms with E-state index in [9.17, 15) is 13.2 Å². The first-order chi connectivity index (χ1) is 5.79. The summed E-state index contributed by atoms with van der Waals surface area (Å²) in [6.45, 7) is 4.58. The van der Waals surface area contributed by atoms with Crippen LogP contribution in [0.1, 0.15) is 6.92 Å². The molecular formula is C6H11NO4S2. The Morgan fingerprint density at radius 2 is 2.15 bits per heavy atom. The number of carbonyl (C=O) groups is 1. The number of hydrogen-bond acceptors (Lipinski definition) is 4. The molecule has 0 saturated heterocycles. The van der Waals surface area contributed by atoms with Gasteiger partial charge in [0.1, 0.15) is 0 Å². The van der Waals surface area contributed by atoms with Crippen molar-refractivity contribution < 1.29 is 17.8 Å². The van der Waals surface area contributed by atoms with E-state index >= 15 is 0 Å². The molecule has 0 fully saturated rings. The number of thiol groups is 1. The van der Waals surface area contributed by atoms with Gasteiger partial charge >= 0.3 is 0 Å². The summed E-state index contributed by atoms with van der Waals surface area (Å²) in [5.41, 5.74) is 0. The van der Waals surface area contributed by atoms with E-state index in [0.29, 0.717) is 0 Å². The van der Waals surface area contributed by atoms with E-state index < -0.39 is 26.6 Å². The van der Waals surface area contributed by atoms with Gasteiger partial charge in [0.05, 0.1) is 0 Å². The summed E-state index contributed by atoms with van der Waals surface area (Å²) in [5.74, 6) is -0.677. The Morgan fingerprint density at radius 1 is 1.69 bits per heavy atom. The normalized spacial score (nSPS) is 15.9. The second kappa shape index (κ2) is 4.64. The van der Waals surface area contributed by atoms with Crippen molar-refractivity contribution in [1.29, 1.82) is 0 Å². The van der Waals surface area contributed by atoms with Gasteiger partial charge in [-0.05, 0) is 6.08 Å². The van der Waals surface area contributed by atoms with Gasteiger partial charge in [0.15, 0.2) is 5.37 Å². The van der Waals surface area contributed by atoms with E-state index in [1.165, 1.54) is 6.92 Å². The van der Waals surface area contributed by atoms with Crippen molar-refractivity contribution in [3.63, 3.8) is 0 Å². The molecule has 2 atom stereocenters. The highest BCUT2D eigenvalue weighted by Gasteiger charge is 2.27. The van der Waals surface area contributed by atoms with E-state index in [2.05, 4.69) is 19.2 Å². The summed E-state index contributed by atoms with van der Waals surface area (Å²) >= 11 is 3.81. The molecule has 0 aliphatic rings. The first-order valence-corrected chi connectivity index (χ1v) is 5.38. The minimum absolute atomic E-state index is 0.677. The maximum Gasteiger partial charge on any atom is 0.287 e. The fourth-order valence-corrected chi connectivity index (χ4v) is 1.94. The molecule has 0 radical (unpaired) electrons. The second-order valence-electron chi connectivity index (χ2n) is 2.39.